The lowest BCUT2D eigenvalue weighted by molar-refractivity contribution is -0.127. The van der Waals surface area contributed by atoms with E-state index in [2.05, 4.69) is 5.32 Å². The highest BCUT2D eigenvalue weighted by Gasteiger charge is 2.14. The van der Waals surface area contributed by atoms with E-state index < -0.39 is 6.10 Å². The predicted octanol–water partition coefficient (Wildman–Crippen LogP) is 5.46. The normalized spacial score (nSPS) is 11.8. The molecule has 1 N–H and O–H groups in total. The summed E-state index contributed by atoms with van der Waals surface area (Å²) >= 11 is 19.8. The van der Waals surface area contributed by atoms with Crippen molar-refractivity contribution in [3.05, 3.63) is 63.1 Å². The number of rotatable bonds is 8. The number of thioether (sulfide) groups is 1. The molecular formula is C18H18Cl3NO2S. The highest BCUT2D eigenvalue weighted by Crippen LogP contribution is 2.28. The monoisotopic (exact) mass is 417 g/mol. The fourth-order valence-corrected chi connectivity index (χ4v) is 3.81. The number of hydrogen-bond donors (Lipinski definition) is 1. The molecule has 0 saturated heterocycles. The lowest BCUT2D eigenvalue weighted by atomic mass is 10.2. The average Bonchev–Trinajstić information content (AvgIpc) is 2.56. The molecule has 0 unspecified atom stereocenters. The minimum Gasteiger partial charge on any atom is -0.481 e. The van der Waals surface area contributed by atoms with Crippen LogP contribution in [0.15, 0.2) is 42.5 Å². The van der Waals surface area contributed by atoms with Crippen molar-refractivity contribution < 1.29 is 9.53 Å². The van der Waals surface area contributed by atoms with Crippen LogP contribution in [0.5, 0.6) is 5.75 Å². The molecule has 2 aromatic carbocycles. The molecule has 1 atom stereocenters. The third-order valence-corrected chi connectivity index (χ3v) is 5.26. The molecule has 7 heteroatoms. The summed E-state index contributed by atoms with van der Waals surface area (Å²) < 4.78 is 5.58. The first-order chi connectivity index (χ1) is 12.0. The molecule has 0 fully saturated rings. The summed E-state index contributed by atoms with van der Waals surface area (Å²) in [6.07, 6.45) is -0.596. The zero-order chi connectivity index (χ0) is 18.2. The first-order valence-electron chi connectivity index (χ1n) is 7.68. The van der Waals surface area contributed by atoms with Crippen LogP contribution in [0.4, 0.5) is 0 Å². The van der Waals surface area contributed by atoms with Gasteiger partial charge in [0.25, 0.3) is 5.91 Å². The fraction of sp³-hybridized carbons (Fsp3) is 0.278. The van der Waals surface area contributed by atoms with Gasteiger partial charge in [0.05, 0.1) is 0 Å². The summed E-state index contributed by atoms with van der Waals surface area (Å²) in [6, 6.07) is 12.4. The molecule has 0 aliphatic carbocycles. The lowest BCUT2D eigenvalue weighted by Crippen LogP contribution is -2.37. The van der Waals surface area contributed by atoms with E-state index in [1.807, 2.05) is 18.2 Å². The van der Waals surface area contributed by atoms with E-state index in [-0.39, 0.29) is 5.91 Å². The molecule has 0 aliphatic heterocycles. The Hall–Kier alpha value is -1.07. The maximum absolute atomic E-state index is 12.1. The van der Waals surface area contributed by atoms with Crippen molar-refractivity contribution in [1.82, 2.24) is 5.32 Å². The van der Waals surface area contributed by atoms with Gasteiger partial charge in [-0.05, 0) is 42.8 Å². The molecule has 25 heavy (non-hydrogen) atoms. The smallest absolute Gasteiger partial charge is 0.260 e. The first-order valence-corrected chi connectivity index (χ1v) is 9.97. The summed E-state index contributed by atoms with van der Waals surface area (Å²) in [6.45, 7) is 2.24. The molecule has 0 aromatic heterocycles. The van der Waals surface area contributed by atoms with Crippen molar-refractivity contribution in [2.24, 2.45) is 0 Å². The molecule has 2 rings (SSSR count). The van der Waals surface area contributed by atoms with Crippen LogP contribution in [0, 0.1) is 0 Å². The number of nitrogens with one attached hydrogen (secondary N) is 1. The van der Waals surface area contributed by atoms with Crippen LogP contribution in [-0.4, -0.2) is 24.3 Å². The van der Waals surface area contributed by atoms with Gasteiger partial charge in [-0.15, -0.1) is 0 Å². The molecular weight excluding hydrogens is 401 g/mol. The van der Waals surface area contributed by atoms with Gasteiger partial charge < -0.3 is 10.1 Å². The van der Waals surface area contributed by atoms with Crippen LogP contribution >= 0.6 is 46.6 Å². The van der Waals surface area contributed by atoms with Crippen molar-refractivity contribution in [3.8, 4) is 5.75 Å². The van der Waals surface area contributed by atoms with Crippen LogP contribution in [0.1, 0.15) is 12.5 Å². The number of carbonyl (C=O) groups is 1. The first kappa shape index (κ1) is 20.2. The molecule has 0 bridgehead atoms. The fourth-order valence-electron chi connectivity index (χ4n) is 2.03. The standard InChI is InChI=1S/C18H18Cl3NO2S/c1-12(24-14-5-2-4-13(19)10-14)18(23)22-8-9-25-11-15-16(20)6-3-7-17(15)21/h2-7,10,12H,8-9,11H2,1H3,(H,22,23)/t12-/m1/s1. The number of halogens is 3. The topological polar surface area (TPSA) is 38.3 Å². The van der Waals surface area contributed by atoms with Crippen molar-refractivity contribution in [1.29, 1.82) is 0 Å². The Labute approximate surface area is 167 Å². The van der Waals surface area contributed by atoms with Gasteiger partial charge in [-0.2, -0.15) is 11.8 Å². The van der Waals surface area contributed by atoms with E-state index in [1.165, 1.54) is 0 Å². The van der Waals surface area contributed by atoms with Gasteiger partial charge in [0.1, 0.15) is 5.75 Å². The Morgan fingerprint density at radius 2 is 1.84 bits per heavy atom. The number of benzene rings is 2. The zero-order valence-corrected chi connectivity index (χ0v) is 16.7. The van der Waals surface area contributed by atoms with Gasteiger partial charge in [0.15, 0.2) is 6.10 Å². The molecule has 134 valence electrons. The second-order valence-electron chi connectivity index (χ2n) is 5.26. The van der Waals surface area contributed by atoms with Gasteiger partial charge in [0.2, 0.25) is 0 Å². The van der Waals surface area contributed by atoms with E-state index in [4.69, 9.17) is 39.5 Å². The lowest BCUT2D eigenvalue weighted by Gasteiger charge is -2.15. The number of carbonyl (C=O) groups excluding carboxylic acids is 1. The van der Waals surface area contributed by atoms with Gasteiger partial charge in [-0.1, -0.05) is 46.9 Å². The quantitative estimate of drug-likeness (QED) is 0.578. The molecule has 0 radical (unpaired) electrons. The summed E-state index contributed by atoms with van der Waals surface area (Å²) in [5.74, 6) is 1.84. The van der Waals surface area contributed by atoms with Crippen molar-refractivity contribution in [2.75, 3.05) is 12.3 Å². The van der Waals surface area contributed by atoms with E-state index in [1.54, 1.807) is 43.0 Å². The van der Waals surface area contributed by atoms with E-state index in [9.17, 15) is 4.79 Å². The summed E-state index contributed by atoms with van der Waals surface area (Å²) in [7, 11) is 0. The number of hydrogen-bond acceptors (Lipinski definition) is 3. The Bertz CT molecular complexity index is 707. The second kappa shape index (κ2) is 10.2. The molecule has 0 spiro atoms. The second-order valence-corrected chi connectivity index (χ2v) is 7.62. The number of ether oxygens (including phenoxy) is 1. The molecule has 0 heterocycles. The van der Waals surface area contributed by atoms with Crippen molar-refractivity contribution in [3.63, 3.8) is 0 Å². The maximum atomic E-state index is 12.1. The highest BCUT2D eigenvalue weighted by molar-refractivity contribution is 7.98. The van der Waals surface area contributed by atoms with E-state index >= 15 is 0 Å². The van der Waals surface area contributed by atoms with Crippen LogP contribution in [-0.2, 0) is 10.5 Å². The van der Waals surface area contributed by atoms with Crippen LogP contribution < -0.4 is 10.1 Å². The van der Waals surface area contributed by atoms with E-state index in [0.717, 1.165) is 11.3 Å². The van der Waals surface area contributed by atoms with Gasteiger partial charge >= 0.3 is 0 Å². The summed E-state index contributed by atoms with van der Waals surface area (Å²) in [4.78, 5) is 12.1. The Morgan fingerprint density at radius 3 is 2.52 bits per heavy atom. The maximum Gasteiger partial charge on any atom is 0.260 e. The molecule has 2 aromatic rings. The third-order valence-electron chi connectivity index (χ3n) is 3.33. The zero-order valence-electron chi connectivity index (χ0n) is 13.6. The van der Waals surface area contributed by atoms with Crippen LogP contribution in [0.25, 0.3) is 0 Å². The molecule has 0 aliphatic rings. The highest BCUT2D eigenvalue weighted by atomic mass is 35.5. The largest absolute Gasteiger partial charge is 0.481 e. The minimum atomic E-state index is -0.596. The Balaban J connectivity index is 1.69. The molecule has 3 nitrogen and oxygen atoms in total. The van der Waals surface area contributed by atoms with E-state index in [0.29, 0.717) is 33.1 Å². The predicted molar refractivity (Wildman–Crippen MR) is 107 cm³/mol. The Kier molecular flexibility index (Phi) is 8.24. The van der Waals surface area contributed by atoms with Gasteiger partial charge in [-0.25, -0.2) is 0 Å². The van der Waals surface area contributed by atoms with Crippen molar-refractivity contribution >= 4 is 52.5 Å². The molecule has 0 saturated carbocycles. The third kappa shape index (κ3) is 6.63. The summed E-state index contributed by atoms with van der Waals surface area (Å²) in [5.41, 5.74) is 0.916. The Morgan fingerprint density at radius 1 is 1.16 bits per heavy atom. The SMILES string of the molecule is C[C@@H](Oc1cccc(Cl)c1)C(=O)NCCSCc1c(Cl)cccc1Cl. The average molecular weight is 419 g/mol. The minimum absolute atomic E-state index is 0.170. The van der Waals surface area contributed by atoms with Gasteiger partial charge in [0, 0.05) is 33.1 Å². The molecule has 1 amide bonds. The summed E-state index contributed by atoms with van der Waals surface area (Å²) in [5, 5.41) is 4.74. The van der Waals surface area contributed by atoms with Crippen molar-refractivity contribution in [2.45, 2.75) is 18.8 Å². The number of amides is 1. The van der Waals surface area contributed by atoms with Crippen LogP contribution in [0.2, 0.25) is 15.1 Å². The van der Waals surface area contributed by atoms with Crippen LogP contribution in [0.3, 0.4) is 0 Å². The van der Waals surface area contributed by atoms with Gasteiger partial charge in [-0.3, -0.25) is 4.79 Å².